The van der Waals surface area contributed by atoms with Crippen molar-refractivity contribution in [2.75, 3.05) is 7.11 Å². The lowest BCUT2D eigenvalue weighted by atomic mass is 10.1. The number of hydrogen-bond donors (Lipinski definition) is 1. The minimum absolute atomic E-state index is 0.197. The number of amides is 1. The van der Waals surface area contributed by atoms with Crippen LogP contribution in [-0.4, -0.2) is 25.0 Å². The predicted molar refractivity (Wildman–Crippen MR) is 84.2 cm³/mol. The highest BCUT2D eigenvalue weighted by atomic mass is 16.5. The Hall–Kier alpha value is -2.62. The zero-order chi connectivity index (χ0) is 15.8. The molecule has 2 rings (SSSR count). The average molecular weight is 297 g/mol. The molecule has 0 bridgehead atoms. The Bertz CT molecular complexity index is 611. The first-order valence-electron chi connectivity index (χ1n) is 7.14. The minimum atomic E-state index is -0.677. The summed E-state index contributed by atoms with van der Waals surface area (Å²) in [4.78, 5) is 24.0. The topological polar surface area (TPSA) is 55.4 Å². The zero-order valence-electron chi connectivity index (χ0n) is 12.5. The van der Waals surface area contributed by atoms with Crippen LogP contribution in [0.4, 0.5) is 0 Å². The van der Waals surface area contributed by atoms with E-state index < -0.39 is 12.0 Å². The molecule has 1 N–H and O–H groups in total. The molecular formula is C18H19NO3. The Balaban J connectivity index is 2.00. The van der Waals surface area contributed by atoms with Gasteiger partial charge in [0.15, 0.2) is 0 Å². The smallest absolute Gasteiger partial charge is 0.328 e. The maximum Gasteiger partial charge on any atom is 0.328 e. The summed E-state index contributed by atoms with van der Waals surface area (Å²) in [6.07, 6.45) is 0.650. The summed E-state index contributed by atoms with van der Waals surface area (Å²) < 4.78 is 4.78. The quantitative estimate of drug-likeness (QED) is 0.831. The van der Waals surface area contributed by atoms with Crippen LogP contribution in [0.2, 0.25) is 0 Å². The van der Waals surface area contributed by atoms with Gasteiger partial charge in [-0.1, -0.05) is 60.7 Å². The molecule has 1 amide bonds. The standard InChI is InChI=1S/C18H19NO3/c1-22-18(21)16(12-14-8-4-2-5-9-14)19-17(20)13-15-10-6-3-7-11-15/h2-11,16H,12-13H2,1H3,(H,19,20)/t16-/m0/s1. The average Bonchev–Trinajstić information content (AvgIpc) is 2.55. The molecule has 0 fully saturated rings. The molecule has 4 heteroatoms. The molecule has 0 saturated carbocycles. The van der Waals surface area contributed by atoms with E-state index in [4.69, 9.17) is 4.74 Å². The van der Waals surface area contributed by atoms with Crippen molar-refractivity contribution in [3.63, 3.8) is 0 Å². The van der Waals surface area contributed by atoms with Crippen LogP contribution in [0.5, 0.6) is 0 Å². The fraction of sp³-hybridized carbons (Fsp3) is 0.222. The van der Waals surface area contributed by atoms with E-state index in [-0.39, 0.29) is 12.3 Å². The second-order valence-electron chi connectivity index (χ2n) is 5.00. The van der Waals surface area contributed by atoms with Crippen molar-refractivity contribution in [2.45, 2.75) is 18.9 Å². The first kappa shape index (κ1) is 15.8. The fourth-order valence-corrected chi connectivity index (χ4v) is 2.21. The van der Waals surface area contributed by atoms with Crippen molar-refractivity contribution in [1.29, 1.82) is 0 Å². The van der Waals surface area contributed by atoms with Crippen molar-refractivity contribution < 1.29 is 14.3 Å². The molecule has 114 valence electrons. The molecular weight excluding hydrogens is 278 g/mol. The molecule has 0 aliphatic heterocycles. The number of hydrogen-bond acceptors (Lipinski definition) is 3. The summed E-state index contributed by atoms with van der Waals surface area (Å²) in [7, 11) is 1.32. The SMILES string of the molecule is COC(=O)[C@H](Cc1ccccc1)NC(=O)Cc1ccccc1. The van der Waals surface area contributed by atoms with Crippen LogP contribution in [-0.2, 0) is 27.2 Å². The molecule has 0 unspecified atom stereocenters. The van der Waals surface area contributed by atoms with Crippen molar-refractivity contribution in [3.05, 3.63) is 71.8 Å². The van der Waals surface area contributed by atoms with Crippen LogP contribution in [0.1, 0.15) is 11.1 Å². The first-order valence-corrected chi connectivity index (χ1v) is 7.14. The van der Waals surface area contributed by atoms with Crippen LogP contribution in [0.3, 0.4) is 0 Å². The Labute approximate surface area is 130 Å². The number of carbonyl (C=O) groups is 2. The highest BCUT2D eigenvalue weighted by Crippen LogP contribution is 2.06. The summed E-state index contributed by atoms with van der Waals surface area (Å²) in [5.41, 5.74) is 1.88. The van der Waals surface area contributed by atoms with Crippen LogP contribution in [0.25, 0.3) is 0 Å². The molecule has 0 radical (unpaired) electrons. The van der Waals surface area contributed by atoms with Crippen LogP contribution >= 0.6 is 0 Å². The van der Waals surface area contributed by atoms with E-state index >= 15 is 0 Å². The molecule has 1 atom stereocenters. The van der Waals surface area contributed by atoms with Gasteiger partial charge in [-0.3, -0.25) is 4.79 Å². The van der Waals surface area contributed by atoms with E-state index in [1.165, 1.54) is 7.11 Å². The van der Waals surface area contributed by atoms with Crippen molar-refractivity contribution >= 4 is 11.9 Å². The number of benzene rings is 2. The Morgan fingerprint density at radius 1 is 0.955 bits per heavy atom. The van der Waals surface area contributed by atoms with Crippen molar-refractivity contribution in [3.8, 4) is 0 Å². The van der Waals surface area contributed by atoms with Crippen LogP contribution < -0.4 is 5.32 Å². The molecule has 0 saturated heterocycles. The Morgan fingerprint density at radius 3 is 2.05 bits per heavy atom. The number of rotatable bonds is 6. The summed E-state index contributed by atoms with van der Waals surface area (Å²) in [5, 5.41) is 2.75. The molecule has 0 aromatic heterocycles. The van der Waals surface area contributed by atoms with E-state index in [0.29, 0.717) is 6.42 Å². The Morgan fingerprint density at radius 2 is 1.50 bits per heavy atom. The van der Waals surface area contributed by atoms with Gasteiger partial charge in [0.1, 0.15) is 6.04 Å². The molecule has 22 heavy (non-hydrogen) atoms. The van der Waals surface area contributed by atoms with Gasteiger partial charge in [-0.25, -0.2) is 4.79 Å². The van der Waals surface area contributed by atoms with Crippen molar-refractivity contribution in [2.24, 2.45) is 0 Å². The van der Waals surface area contributed by atoms with Crippen LogP contribution in [0, 0.1) is 0 Å². The van der Waals surface area contributed by atoms with E-state index in [9.17, 15) is 9.59 Å². The van der Waals surface area contributed by atoms with E-state index in [1.807, 2.05) is 60.7 Å². The number of carbonyl (C=O) groups excluding carboxylic acids is 2. The van der Waals surface area contributed by atoms with Crippen LogP contribution in [0.15, 0.2) is 60.7 Å². The lowest BCUT2D eigenvalue weighted by Crippen LogP contribution is -2.43. The van der Waals surface area contributed by atoms with Gasteiger partial charge in [-0.15, -0.1) is 0 Å². The highest BCUT2D eigenvalue weighted by Gasteiger charge is 2.21. The summed E-state index contributed by atoms with van der Waals surface area (Å²) in [6.45, 7) is 0. The predicted octanol–water partition coefficient (Wildman–Crippen LogP) is 2.13. The third-order valence-corrected chi connectivity index (χ3v) is 3.31. The number of nitrogens with one attached hydrogen (secondary N) is 1. The van der Waals surface area contributed by atoms with Gasteiger partial charge in [0, 0.05) is 6.42 Å². The van der Waals surface area contributed by atoms with Gasteiger partial charge >= 0.3 is 5.97 Å². The van der Waals surface area contributed by atoms with E-state index in [2.05, 4.69) is 5.32 Å². The summed E-state index contributed by atoms with van der Waals surface area (Å²) in [5.74, 6) is -0.636. The maximum absolute atomic E-state index is 12.1. The molecule has 0 aliphatic rings. The fourth-order valence-electron chi connectivity index (χ4n) is 2.21. The van der Waals surface area contributed by atoms with Gasteiger partial charge in [-0.05, 0) is 11.1 Å². The summed E-state index contributed by atoms with van der Waals surface area (Å²) in [6, 6.07) is 18.3. The van der Waals surface area contributed by atoms with E-state index in [1.54, 1.807) is 0 Å². The zero-order valence-corrected chi connectivity index (χ0v) is 12.5. The third-order valence-electron chi connectivity index (χ3n) is 3.31. The monoisotopic (exact) mass is 297 g/mol. The molecule has 0 aliphatic carbocycles. The minimum Gasteiger partial charge on any atom is -0.467 e. The molecule has 0 spiro atoms. The first-order chi connectivity index (χ1) is 10.7. The third kappa shape index (κ3) is 4.74. The van der Waals surface area contributed by atoms with Gasteiger partial charge in [0.05, 0.1) is 13.5 Å². The normalized spacial score (nSPS) is 11.5. The lowest BCUT2D eigenvalue weighted by molar-refractivity contribution is -0.145. The van der Waals surface area contributed by atoms with Gasteiger partial charge < -0.3 is 10.1 Å². The molecule has 2 aromatic carbocycles. The van der Waals surface area contributed by atoms with Gasteiger partial charge in [-0.2, -0.15) is 0 Å². The molecule has 0 heterocycles. The summed E-state index contributed by atoms with van der Waals surface area (Å²) >= 11 is 0. The van der Waals surface area contributed by atoms with Gasteiger partial charge in [0.2, 0.25) is 5.91 Å². The number of esters is 1. The van der Waals surface area contributed by atoms with E-state index in [0.717, 1.165) is 11.1 Å². The molecule has 4 nitrogen and oxygen atoms in total. The molecule has 2 aromatic rings. The number of ether oxygens (including phenoxy) is 1. The lowest BCUT2D eigenvalue weighted by Gasteiger charge is -2.16. The van der Waals surface area contributed by atoms with Gasteiger partial charge in [0.25, 0.3) is 0 Å². The largest absolute Gasteiger partial charge is 0.467 e. The maximum atomic E-state index is 12.1. The highest BCUT2D eigenvalue weighted by molar-refractivity contribution is 5.85. The second-order valence-corrected chi connectivity index (χ2v) is 5.00. The van der Waals surface area contributed by atoms with Crippen molar-refractivity contribution in [1.82, 2.24) is 5.32 Å². The number of methoxy groups -OCH3 is 1. The Kier molecular flexibility index (Phi) is 5.72. The second kappa shape index (κ2) is 7.98.